The van der Waals surface area contributed by atoms with E-state index < -0.39 is 17.6 Å². The van der Waals surface area contributed by atoms with Crippen molar-refractivity contribution in [1.29, 1.82) is 0 Å². The molecule has 0 aliphatic carbocycles. The number of hydrogen-bond donors (Lipinski definition) is 4. The number of nitrogens with zero attached hydrogens (tertiary/aromatic N) is 1. The highest BCUT2D eigenvalue weighted by atomic mass is 127. The number of halogens is 4. The lowest BCUT2D eigenvalue weighted by Gasteiger charge is -2.20. The molecule has 7 nitrogen and oxygen atoms in total. The zero-order valence-corrected chi connectivity index (χ0v) is 19.8. The minimum atomic E-state index is -4.44. The van der Waals surface area contributed by atoms with Crippen LogP contribution in [-0.2, 0) is 11.0 Å². The molecule has 0 aromatic heterocycles. The van der Waals surface area contributed by atoms with Gasteiger partial charge in [0.2, 0.25) is 5.91 Å². The second-order valence-corrected chi connectivity index (χ2v) is 7.25. The number of benzene rings is 1. The number of amides is 2. The third-order valence-corrected chi connectivity index (χ3v) is 3.42. The van der Waals surface area contributed by atoms with Crippen LogP contribution in [-0.4, -0.2) is 49.5 Å². The van der Waals surface area contributed by atoms with Crippen molar-refractivity contribution in [2.24, 2.45) is 4.99 Å². The van der Waals surface area contributed by atoms with Gasteiger partial charge >= 0.3 is 6.18 Å². The van der Waals surface area contributed by atoms with Gasteiger partial charge in [-0.15, -0.1) is 24.0 Å². The molecule has 0 spiro atoms. The molecule has 1 aromatic carbocycles. The number of aliphatic imine (C=N–C) groups is 1. The normalized spacial score (nSPS) is 11.9. The van der Waals surface area contributed by atoms with Crippen LogP contribution in [0.3, 0.4) is 0 Å². The Labute approximate surface area is 191 Å². The summed E-state index contributed by atoms with van der Waals surface area (Å²) in [6.45, 7) is 8.57. The molecule has 0 saturated carbocycles. The Morgan fingerprint density at radius 2 is 1.53 bits per heavy atom. The number of guanidine groups is 1. The molecule has 0 radical (unpaired) electrons. The Morgan fingerprint density at radius 1 is 0.967 bits per heavy atom. The maximum absolute atomic E-state index is 12.6. The standard InChI is InChI=1S/C19H28F3N5O2.HI/c1-5-23-17(26-12-15(28)27-18(2,3)4)25-11-10-24-16(29)13-6-8-14(9-7-13)19(20,21)22;/h6-9H,5,10-12H2,1-4H3,(H,24,29)(H,27,28)(H2,23,25,26);1H. The molecule has 0 heterocycles. The summed E-state index contributed by atoms with van der Waals surface area (Å²) in [5, 5.41) is 11.4. The van der Waals surface area contributed by atoms with E-state index in [2.05, 4.69) is 26.3 Å². The molecule has 0 aliphatic heterocycles. The Hall–Kier alpha value is -2.05. The first kappa shape index (κ1) is 28.0. The Morgan fingerprint density at radius 3 is 2.03 bits per heavy atom. The van der Waals surface area contributed by atoms with Gasteiger partial charge in [-0.25, -0.2) is 4.99 Å². The highest BCUT2D eigenvalue weighted by Crippen LogP contribution is 2.28. The van der Waals surface area contributed by atoms with Gasteiger partial charge in [-0.1, -0.05) is 0 Å². The molecule has 0 bridgehead atoms. The summed E-state index contributed by atoms with van der Waals surface area (Å²) in [4.78, 5) is 28.0. The second kappa shape index (κ2) is 12.6. The van der Waals surface area contributed by atoms with Crippen LogP contribution < -0.4 is 21.3 Å². The van der Waals surface area contributed by atoms with Crippen molar-refractivity contribution < 1.29 is 22.8 Å². The van der Waals surface area contributed by atoms with E-state index in [4.69, 9.17) is 0 Å². The molecular weight excluding hydrogens is 514 g/mol. The van der Waals surface area contributed by atoms with E-state index in [1.807, 2.05) is 27.7 Å². The van der Waals surface area contributed by atoms with Crippen LogP contribution in [0.4, 0.5) is 13.2 Å². The van der Waals surface area contributed by atoms with Gasteiger partial charge in [0.15, 0.2) is 5.96 Å². The van der Waals surface area contributed by atoms with E-state index in [-0.39, 0.29) is 54.1 Å². The van der Waals surface area contributed by atoms with Gasteiger partial charge < -0.3 is 21.3 Å². The summed E-state index contributed by atoms with van der Waals surface area (Å²) in [6.07, 6.45) is -4.44. The lowest BCUT2D eigenvalue weighted by molar-refractivity contribution is -0.137. The van der Waals surface area contributed by atoms with Crippen molar-refractivity contribution in [3.63, 3.8) is 0 Å². The maximum Gasteiger partial charge on any atom is 0.416 e. The maximum atomic E-state index is 12.6. The molecule has 0 fully saturated rings. The minimum Gasteiger partial charge on any atom is -0.357 e. The molecule has 170 valence electrons. The van der Waals surface area contributed by atoms with Crippen molar-refractivity contribution in [2.45, 2.75) is 39.4 Å². The van der Waals surface area contributed by atoms with Crippen LogP contribution in [0.1, 0.15) is 43.6 Å². The molecule has 0 saturated heterocycles. The van der Waals surface area contributed by atoms with E-state index >= 15 is 0 Å². The van der Waals surface area contributed by atoms with Crippen LogP contribution in [0.5, 0.6) is 0 Å². The third kappa shape index (κ3) is 11.2. The lowest BCUT2D eigenvalue weighted by atomic mass is 10.1. The first-order chi connectivity index (χ1) is 13.4. The molecule has 2 amide bonds. The lowest BCUT2D eigenvalue weighted by Crippen LogP contribution is -2.44. The first-order valence-electron chi connectivity index (χ1n) is 9.21. The summed E-state index contributed by atoms with van der Waals surface area (Å²) in [5.74, 6) is -0.280. The summed E-state index contributed by atoms with van der Waals surface area (Å²) in [7, 11) is 0. The van der Waals surface area contributed by atoms with Gasteiger partial charge in [-0.3, -0.25) is 9.59 Å². The number of alkyl halides is 3. The minimum absolute atomic E-state index is 0. The predicted octanol–water partition coefficient (Wildman–Crippen LogP) is 2.52. The van der Waals surface area contributed by atoms with Gasteiger partial charge in [0, 0.05) is 30.7 Å². The molecule has 1 rings (SSSR count). The summed E-state index contributed by atoms with van der Waals surface area (Å²) < 4.78 is 37.7. The molecule has 11 heteroatoms. The van der Waals surface area contributed by atoms with E-state index in [0.717, 1.165) is 24.3 Å². The zero-order chi connectivity index (χ0) is 22.1. The van der Waals surface area contributed by atoms with Crippen molar-refractivity contribution >= 4 is 41.8 Å². The Bertz CT molecular complexity index is 716. The average Bonchev–Trinajstić information content (AvgIpc) is 2.60. The first-order valence-corrected chi connectivity index (χ1v) is 9.21. The number of nitrogens with one attached hydrogen (secondary N) is 4. The van der Waals surface area contributed by atoms with E-state index in [9.17, 15) is 22.8 Å². The number of rotatable bonds is 7. The highest BCUT2D eigenvalue weighted by molar-refractivity contribution is 14.0. The SMILES string of the molecule is CCNC(=NCC(=O)NC(C)(C)C)NCCNC(=O)c1ccc(C(F)(F)F)cc1.I. The van der Waals surface area contributed by atoms with E-state index in [1.54, 1.807) is 0 Å². The van der Waals surface area contributed by atoms with Gasteiger partial charge in [-0.2, -0.15) is 13.2 Å². The zero-order valence-electron chi connectivity index (χ0n) is 17.4. The number of carbonyl (C=O) groups excluding carboxylic acids is 2. The molecular formula is C19H29F3IN5O2. The van der Waals surface area contributed by atoms with Crippen LogP contribution in [0.15, 0.2) is 29.3 Å². The second-order valence-electron chi connectivity index (χ2n) is 7.25. The van der Waals surface area contributed by atoms with Crippen LogP contribution in [0, 0.1) is 0 Å². The van der Waals surface area contributed by atoms with Crippen molar-refractivity contribution in [3.8, 4) is 0 Å². The van der Waals surface area contributed by atoms with Crippen molar-refractivity contribution in [2.75, 3.05) is 26.2 Å². The summed E-state index contributed by atoms with van der Waals surface area (Å²) in [6, 6.07) is 3.99. The van der Waals surface area contributed by atoms with Crippen molar-refractivity contribution in [3.05, 3.63) is 35.4 Å². The fraction of sp³-hybridized carbons (Fsp3) is 0.526. The van der Waals surface area contributed by atoms with Crippen LogP contribution in [0.25, 0.3) is 0 Å². The predicted molar refractivity (Wildman–Crippen MR) is 121 cm³/mol. The largest absolute Gasteiger partial charge is 0.416 e. The van der Waals surface area contributed by atoms with E-state index in [1.165, 1.54) is 0 Å². The smallest absolute Gasteiger partial charge is 0.357 e. The Kier molecular flexibility index (Phi) is 11.7. The van der Waals surface area contributed by atoms with Crippen molar-refractivity contribution in [1.82, 2.24) is 21.3 Å². The van der Waals surface area contributed by atoms with Crippen LogP contribution in [0.2, 0.25) is 0 Å². The fourth-order valence-corrected chi connectivity index (χ4v) is 2.22. The van der Waals surface area contributed by atoms with Gasteiger partial charge in [0.05, 0.1) is 5.56 Å². The molecule has 0 atom stereocenters. The summed E-state index contributed by atoms with van der Waals surface area (Å²) in [5.41, 5.74) is -1.02. The van der Waals surface area contributed by atoms with Crippen LogP contribution >= 0.6 is 24.0 Å². The van der Waals surface area contributed by atoms with Gasteiger partial charge in [0.25, 0.3) is 5.91 Å². The molecule has 1 aromatic rings. The quantitative estimate of drug-likeness (QED) is 0.184. The molecule has 0 aliphatic rings. The topological polar surface area (TPSA) is 94.6 Å². The third-order valence-electron chi connectivity index (χ3n) is 3.42. The van der Waals surface area contributed by atoms with Gasteiger partial charge in [0.1, 0.15) is 6.54 Å². The number of hydrogen-bond acceptors (Lipinski definition) is 3. The molecule has 30 heavy (non-hydrogen) atoms. The van der Waals surface area contributed by atoms with Gasteiger partial charge in [-0.05, 0) is 52.0 Å². The number of carbonyl (C=O) groups is 2. The van der Waals surface area contributed by atoms with E-state index in [0.29, 0.717) is 19.0 Å². The monoisotopic (exact) mass is 543 g/mol. The molecule has 0 unspecified atom stereocenters. The molecule has 4 N–H and O–H groups in total. The highest BCUT2D eigenvalue weighted by Gasteiger charge is 2.30. The fourth-order valence-electron chi connectivity index (χ4n) is 2.22. The average molecular weight is 543 g/mol. The Balaban J connectivity index is 0.00000841. The summed E-state index contributed by atoms with van der Waals surface area (Å²) >= 11 is 0.